The summed E-state index contributed by atoms with van der Waals surface area (Å²) in [4.78, 5) is 0. The molecular weight excluding hydrogens is 231 g/mol. The van der Waals surface area contributed by atoms with Crippen LogP contribution in [0.3, 0.4) is 0 Å². The van der Waals surface area contributed by atoms with Gasteiger partial charge < -0.3 is 4.74 Å². The zero-order chi connectivity index (χ0) is 12.9. The Labute approximate surface area is 97.6 Å². The third kappa shape index (κ3) is 4.35. The lowest BCUT2D eigenvalue weighted by molar-refractivity contribution is -0.274. The lowest BCUT2D eigenvalue weighted by atomic mass is 10.1. The lowest BCUT2D eigenvalue weighted by Gasteiger charge is -2.11. The van der Waals surface area contributed by atoms with E-state index in [4.69, 9.17) is 5.26 Å². The average Bonchev–Trinajstić information content (AvgIpc) is 2.24. The maximum Gasteiger partial charge on any atom is 0.573 e. The first-order chi connectivity index (χ1) is 7.96. The van der Waals surface area contributed by atoms with Crippen LogP contribution in [0, 0.1) is 11.3 Å². The highest BCUT2D eigenvalue weighted by Gasteiger charge is 2.32. The van der Waals surface area contributed by atoms with Crippen LogP contribution in [0.1, 0.15) is 30.9 Å². The molecule has 0 spiro atoms. The molecule has 2 nitrogen and oxygen atoms in total. The molecule has 0 heterocycles. The summed E-state index contributed by atoms with van der Waals surface area (Å²) in [6, 6.07) is 5.96. The van der Waals surface area contributed by atoms with Gasteiger partial charge in [-0.3, -0.25) is 0 Å². The van der Waals surface area contributed by atoms with E-state index in [1.54, 1.807) is 12.1 Å². The van der Waals surface area contributed by atoms with Gasteiger partial charge in [-0.2, -0.15) is 5.26 Å². The molecule has 0 aliphatic rings. The fourth-order valence-corrected chi connectivity index (χ4v) is 1.40. The molecule has 0 aliphatic carbocycles. The monoisotopic (exact) mass is 243 g/mol. The average molecular weight is 243 g/mol. The summed E-state index contributed by atoms with van der Waals surface area (Å²) in [6.07, 6.45) is -2.25. The van der Waals surface area contributed by atoms with E-state index in [2.05, 4.69) is 4.74 Å². The van der Waals surface area contributed by atoms with E-state index in [1.807, 2.05) is 6.92 Å². The van der Waals surface area contributed by atoms with Gasteiger partial charge in [-0.1, -0.05) is 19.4 Å². The third-order valence-corrected chi connectivity index (χ3v) is 2.21. The molecule has 0 radical (unpaired) electrons. The SMILES string of the molecule is CCCCc1ccc(C#N)c(OC(F)(F)F)c1. The standard InChI is InChI=1S/C12H12F3NO/c1-2-3-4-9-5-6-10(8-16)11(7-9)17-12(13,14)15/h5-7H,2-4H2,1H3. The first-order valence-corrected chi connectivity index (χ1v) is 5.25. The molecule has 0 aliphatic heterocycles. The summed E-state index contributed by atoms with van der Waals surface area (Å²) in [6.45, 7) is 2.00. The minimum Gasteiger partial charge on any atom is -0.404 e. The van der Waals surface area contributed by atoms with Gasteiger partial charge >= 0.3 is 6.36 Å². The number of hydrogen-bond donors (Lipinski definition) is 0. The van der Waals surface area contributed by atoms with Gasteiger partial charge in [0.2, 0.25) is 0 Å². The molecule has 0 N–H and O–H groups in total. The molecule has 0 atom stereocenters. The molecule has 0 bridgehead atoms. The van der Waals surface area contributed by atoms with E-state index in [1.165, 1.54) is 12.1 Å². The topological polar surface area (TPSA) is 33.0 Å². The van der Waals surface area contributed by atoms with Crippen LogP contribution in [0.25, 0.3) is 0 Å². The number of alkyl halides is 3. The number of aryl methyl sites for hydroxylation is 1. The Kier molecular flexibility index (Phi) is 4.38. The Hall–Kier alpha value is -1.70. The lowest BCUT2D eigenvalue weighted by Crippen LogP contribution is -2.18. The largest absolute Gasteiger partial charge is 0.573 e. The molecule has 5 heteroatoms. The quantitative estimate of drug-likeness (QED) is 0.805. The van der Waals surface area contributed by atoms with E-state index >= 15 is 0 Å². The van der Waals surface area contributed by atoms with Crippen molar-refractivity contribution in [1.82, 2.24) is 0 Å². The van der Waals surface area contributed by atoms with Crippen LogP contribution < -0.4 is 4.74 Å². The van der Waals surface area contributed by atoms with E-state index in [-0.39, 0.29) is 5.56 Å². The van der Waals surface area contributed by atoms with Gasteiger partial charge in [-0.25, -0.2) is 0 Å². The van der Waals surface area contributed by atoms with Gasteiger partial charge in [0.1, 0.15) is 11.8 Å². The van der Waals surface area contributed by atoms with Crippen LogP contribution in [0.4, 0.5) is 13.2 Å². The van der Waals surface area contributed by atoms with Crippen LogP contribution in [0.5, 0.6) is 5.75 Å². The minimum absolute atomic E-state index is 0.109. The van der Waals surface area contributed by atoms with Crippen LogP contribution >= 0.6 is 0 Å². The van der Waals surface area contributed by atoms with Crippen molar-refractivity contribution in [2.24, 2.45) is 0 Å². The Morgan fingerprint density at radius 1 is 1.35 bits per heavy atom. The van der Waals surface area contributed by atoms with Gasteiger partial charge in [0.15, 0.2) is 0 Å². The fraction of sp³-hybridized carbons (Fsp3) is 0.417. The fourth-order valence-electron chi connectivity index (χ4n) is 1.40. The first kappa shape index (κ1) is 13.4. The maximum atomic E-state index is 12.1. The summed E-state index contributed by atoms with van der Waals surface area (Å²) in [5, 5.41) is 8.68. The van der Waals surface area contributed by atoms with Crippen molar-refractivity contribution in [2.45, 2.75) is 32.5 Å². The highest BCUT2D eigenvalue weighted by molar-refractivity contribution is 5.45. The van der Waals surface area contributed by atoms with Crippen molar-refractivity contribution in [3.63, 3.8) is 0 Å². The smallest absolute Gasteiger partial charge is 0.404 e. The molecule has 1 aromatic carbocycles. The number of ether oxygens (including phenoxy) is 1. The molecule has 0 aromatic heterocycles. The Morgan fingerprint density at radius 2 is 2.06 bits per heavy atom. The van der Waals surface area contributed by atoms with Crippen LogP contribution in [-0.4, -0.2) is 6.36 Å². The maximum absolute atomic E-state index is 12.1. The first-order valence-electron chi connectivity index (χ1n) is 5.25. The zero-order valence-corrected chi connectivity index (χ0v) is 9.34. The van der Waals surface area contributed by atoms with Crippen molar-refractivity contribution in [3.05, 3.63) is 29.3 Å². The second-order valence-corrected chi connectivity index (χ2v) is 3.59. The van der Waals surface area contributed by atoms with E-state index in [0.29, 0.717) is 6.42 Å². The number of halogens is 3. The molecule has 0 saturated heterocycles. The molecule has 92 valence electrons. The predicted molar refractivity (Wildman–Crippen MR) is 56.5 cm³/mol. The highest BCUT2D eigenvalue weighted by Crippen LogP contribution is 2.27. The summed E-state index contributed by atoms with van der Waals surface area (Å²) in [7, 11) is 0. The van der Waals surface area contributed by atoms with Crippen LogP contribution in [0.2, 0.25) is 0 Å². The number of nitrogens with zero attached hydrogens (tertiary/aromatic N) is 1. The summed E-state index contributed by atoms with van der Waals surface area (Å²) < 4.78 is 40.2. The third-order valence-electron chi connectivity index (χ3n) is 2.21. The highest BCUT2D eigenvalue weighted by atomic mass is 19.4. The second kappa shape index (κ2) is 5.58. The molecule has 0 unspecified atom stereocenters. The summed E-state index contributed by atoms with van der Waals surface area (Å²) in [5.41, 5.74) is 0.632. The molecular formula is C12H12F3NO. The molecule has 0 saturated carbocycles. The zero-order valence-electron chi connectivity index (χ0n) is 9.34. The normalized spacial score (nSPS) is 11.0. The van der Waals surface area contributed by atoms with E-state index in [9.17, 15) is 13.2 Å². The number of hydrogen-bond acceptors (Lipinski definition) is 2. The minimum atomic E-state index is -4.77. The molecule has 0 fully saturated rings. The van der Waals surface area contributed by atoms with Crippen molar-refractivity contribution < 1.29 is 17.9 Å². The van der Waals surface area contributed by atoms with Crippen molar-refractivity contribution in [1.29, 1.82) is 5.26 Å². The van der Waals surface area contributed by atoms with Crippen LogP contribution in [0.15, 0.2) is 18.2 Å². The van der Waals surface area contributed by atoms with Crippen molar-refractivity contribution in [2.75, 3.05) is 0 Å². The predicted octanol–water partition coefficient (Wildman–Crippen LogP) is 3.80. The molecule has 1 rings (SSSR count). The molecule has 17 heavy (non-hydrogen) atoms. The van der Waals surface area contributed by atoms with Gasteiger partial charge in [-0.05, 0) is 30.5 Å². The van der Waals surface area contributed by atoms with Gasteiger partial charge in [0, 0.05) is 0 Å². The Balaban J connectivity index is 2.95. The van der Waals surface area contributed by atoms with E-state index in [0.717, 1.165) is 18.4 Å². The van der Waals surface area contributed by atoms with Gasteiger partial charge in [0.25, 0.3) is 0 Å². The van der Waals surface area contributed by atoms with Crippen molar-refractivity contribution in [3.8, 4) is 11.8 Å². The van der Waals surface area contributed by atoms with Gasteiger partial charge in [-0.15, -0.1) is 13.2 Å². The molecule has 0 amide bonds. The van der Waals surface area contributed by atoms with E-state index < -0.39 is 12.1 Å². The van der Waals surface area contributed by atoms with Gasteiger partial charge in [0.05, 0.1) is 5.56 Å². The molecule has 1 aromatic rings. The summed E-state index contributed by atoms with van der Waals surface area (Å²) in [5.74, 6) is -0.423. The number of unbranched alkanes of at least 4 members (excludes halogenated alkanes) is 1. The number of nitriles is 1. The second-order valence-electron chi connectivity index (χ2n) is 3.59. The summed E-state index contributed by atoms with van der Waals surface area (Å²) >= 11 is 0. The van der Waals surface area contributed by atoms with Crippen molar-refractivity contribution >= 4 is 0 Å². The number of benzene rings is 1. The number of rotatable bonds is 4. The Bertz CT molecular complexity index is 421. The Morgan fingerprint density at radius 3 is 2.59 bits per heavy atom. The van der Waals surface area contributed by atoms with Crippen LogP contribution in [-0.2, 0) is 6.42 Å².